The Morgan fingerprint density at radius 2 is 2.00 bits per heavy atom. The summed E-state index contributed by atoms with van der Waals surface area (Å²) in [5.41, 5.74) is 0. The average molecular weight is 328 g/mol. The van der Waals surface area contributed by atoms with E-state index in [2.05, 4.69) is 6.58 Å². The van der Waals surface area contributed by atoms with Crippen LogP contribution in [0.1, 0.15) is 4.88 Å². The molecule has 6 heteroatoms. The predicted molar refractivity (Wildman–Crippen MR) is 83.6 cm³/mol. The molecule has 0 radical (unpaired) electrons. The molecule has 0 amide bonds. The van der Waals surface area contributed by atoms with E-state index in [1.165, 1.54) is 21.7 Å². The van der Waals surface area contributed by atoms with Gasteiger partial charge in [-0.1, -0.05) is 35.9 Å². The molecule has 0 saturated heterocycles. The van der Waals surface area contributed by atoms with Gasteiger partial charge in [0.1, 0.15) is 4.90 Å². The Hall–Kier alpha value is -1.14. The maximum absolute atomic E-state index is 12.7. The first-order chi connectivity index (χ1) is 9.55. The predicted octanol–water partition coefficient (Wildman–Crippen LogP) is 3.78. The molecule has 0 fully saturated rings. The van der Waals surface area contributed by atoms with Crippen molar-refractivity contribution in [2.75, 3.05) is 6.54 Å². The molecule has 1 aromatic heterocycles. The maximum atomic E-state index is 12.7. The zero-order chi connectivity index (χ0) is 14.6. The Morgan fingerprint density at radius 3 is 2.60 bits per heavy atom. The first kappa shape index (κ1) is 15.3. The first-order valence-electron chi connectivity index (χ1n) is 5.93. The quantitative estimate of drug-likeness (QED) is 0.757. The molecule has 20 heavy (non-hydrogen) atoms. The van der Waals surface area contributed by atoms with Gasteiger partial charge in [0.2, 0.25) is 10.0 Å². The SMILES string of the molecule is C=CCN(Cc1cccs1)S(=O)(=O)c1ccccc1Cl. The van der Waals surface area contributed by atoms with Gasteiger partial charge in [0.15, 0.2) is 0 Å². The van der Waals surface area contributed by atoms with Gasteiger partial charge in [0.05, 0.1) is 5.02 Å². The van der Waals surface area contributed by atoms with Gasteiger partial charge < -0.3 is 0 Å². The third-order valence-corrected chi connectivity index (χ3v) is 5.87. The van der Waals surface area contributed by atoms with Crippen LogP contribution in [0, 0.1) is 0 Å². The van der Waals surface area contributed by atoms with E-state index in [9.17, 15) is 8.42 Å². The molecular formula is C14H14ClNO2S2. The second kappa shape index (κ2) is 6.54. The molecule has 0 bridgehead atoms. The highest BCUT2D eigenvalue weighted by atomic mass is 35.5. The molecule has 1 heterocycles. The minimum Gasteiger partial charge on any atom is -0.207 e. The van der Waals surface area contributed by atoms with Gasteiger partial charge in [-0.05, 0) is 23.6 Å². The normalized spacial score (nSPS) is 11.7. The molecule has 0 saturated carbocycles. The van der Waals surface area contributed by atoms with Crippen molar-refractivity contribution in [1.29, 1.82) is 0 Å². The lowest BCUT2D eigenvalue weighted by atomic mass is 10.4. The monoisotopic (exact) mass is 327 g/mol. The van der Waals surface area contributed by atoms with Crippen LogP contribution in [0.15, 0.2) is 59.3 Å². The summed E-state index contributed by atoms with van der Waals surface area (Å²) in [6, 6.07) is 10.3. The van der Waals surface area contributed by atoms with Crippen LogP contribution in [0.5, 0.6) is 0 Å². The van der Waals surface area contributed by atoms with E-state index in [1.807, 2.05) is 17.5 Å². The molecular weight excluding hydrogens is 314 g/mol. The highest BCUT2D eigenvalue weighted by Gasteiger charge is 2.25. The summed E-state index contributed by atoms with van der Waals surface area (Å²) >= 11 is 7.53. The minimum absolute atomic E-state index is 0.125. The molecule has 0 atom stereocenters. The molecule has 0 aliphatic carbocycles. The number of hydrogen-bond acceptors (Lipinski definition) is 3. The molecule has 0 N–H and O–H groups in total. The molecule has 0 unspecified atom stereocenters. The number of benzene rings is 1. The first-order valence-corrected chi connectivity index (χ1v) is 8.63. The Kier molecular flexibility index (Phi) is 4.99. The molecule has 2 aromatic rings. The van der Waals surface area contributed by atoms with Crippen LogP contribution in [0.3, 0.4) is 0 Å². The number of sulfonamides is 1. The van der Waals surface area contributed by atoms with E-state index in [-0.39, 0.29) is 16.5 Å². The number of halogens is 1. The van der Waals surface area contributed by atoms with Gasteiger partial charge in [0, 0.05) is 18.0 Å². The van der Waals surface area contributed by atoms with Crippen molar-refractivity contribution in [3.63, 3.8) is 0 Å². The van der Waals surface area contributed by atoms with E-state index < -0.39 is 10.0 Å². The minimum atomic E-state index is -3.63. The van der Waals surface area contributed by atoms with Crippen molar-refractivity contribution in [2.24, 2.45) is 0 Å². The Balaban J connectivity index is 2.37. The van der Waals surface area contributed by atoms with Crippen LogP contribution in [-0.2, 0) is 16.6 Å². The molecule has 3 nitrogen and oxygen atoms in total. The summed E-state index contributed by atoms with van der Waals surface area (Å²) in [5, 5.41) is 2.15. The van der Waals surface area contributed by atoms with Crippen LogP contribution in [0.2, 0.25) is 5.02 Å². The Labute approximate surface area is 128 Å². The number of rotatable bonds is 6. The van der Waals surface area contributed by atoms with Crippen LogP contribution in [0.25, 0.3) is 0 Å². The number of thiophene rings is 1. The van der Waals surface area contributed by atoms with E-state index >= 15 is 0 Å². The van der Waals surface area contributed by atoms with Gasteiger partial charge >= 0.3 is 0 Å². The van der Waals surface area contributed by atoms with Crippen LogP contribution in [-0.4, -0.2) is 19.3 Å². The fourth-order valence-electron chi connectivity index (χ4n) is 1.76. The highest BCUT2D eigenvalue weighted by Crippen LogP contribution is 2.26. The van der Waals surface area contributed by atoms with Crippen molar-refractivity contribution in [1.82, 2.24) is 4.31 Å². The van der Waals surface area contributed by atoms with E-state index in [4.69, 9.17) is 11.6 Å². The number of nitrogens with zero attached hydrogens (tertiary/aromatic N) is 1. The molecule has 106 valence electrons. The van der Waals surface area contributed by atoms with Crippen molar-refractivity contribution < 1.29 is 8.42 Å². The van der Waals surface area contributed by atoms with Gasteiger partial charge in [0.25, 0.3) is 0 Å². The molecule has 0 aliphatic rings. The van der Waals surface area contributed by atoms with Gasteiger partial charge in [-0.15, -0.1) is 17.9 Å². The summed E-state index contributed by atoms with van der Waals surface area (Å²) in [4.78, 5) is 1.10. The Bertz CT molecular complexity index is 681. The zero-order valence-corrected chi connectivity index (χ0v) is 13.1. The second-order valence-electron chi connectivity index (χ2n) is 4.10. The second-order valence-corrected chi connectivity index (χ2v) is 7.44. The molecule has 0 spiro atoms. The summed E-state index contributed by atoms with van der Waals surface area (Å²) < 4.78 is 26.7. The Morgan fingerprint density at radius 1 is 1.25 bits per heavy atom. The largest absolute Gasteiger partial charge is 0.245 e. The third-order valence-electron chi connectivity index (χ3n) is 2.70. The fraction of sp³-hybridized carbons (Fsp3) is 0.143. The summed E-state index contributed by atoms with van der Waals surface area (Å²) in [6.45, 7) is 4.18. The lowest BCUT2D eigenvalue weighted by Crippen LogP contribution is -2.30. The van der Waals surface area contributed by atoms with E-state index in [1.54, 1.807) is 24.3 Å². The summed E-state index contributed by atoms with van der Waals surface area (Å²) in [6.07, 6.45) is 1.57. The lowest BCUT2D eigenvalue weighted by molar-refractivity contribution is 0.441. The lowest BCUT2D eigenvalue weighted by Gasteiger charge is -2.20. The highest BCUT2D eigenvalue weighted by molar-refractivity contribution is 7.89. The summed E-state index contributed by atoms with van der Waals surface area (Å²) in [5.74, 6) is 0. The van der Waals surface area contributed by atoms with Gasteiger partial charge in [-0.25, -0.2) is 8.42 Å². The fourth-order valence-corrected chi connectivity index (χ4v) is 4.44. The average Bonchev–Trinajstić information content (AvgIpc) is 2.91. The topological polar surface area (TPSA) is 37.4 Å². The number of hydrogen-bond donors (Lipinski definition) is 0. The maximum Gasteiger partial charge on any atom is 0.245 e. The van der Waals surface area contributed by atoms with Crippen molar-refractivity contribution in [3.8, 4) is 0 Å². The van der Waals surface area contributed by atoms with Crippen molar-refractivity contribution in [3.05, 3.63) is 64.3 Å². The third kappa shape index (κ3) is 3.30. The zero-order valence-electron chi connectivity index (χ0n) is 10.7. The van der Waals surface area contributed by atoms with Crippen LogP contribution in [0.4, 0.5) is 0 Å². The molecule has 0 aliphatic heterocycles. The smallest absolute Gasteiger partial charge is 0.207 e. The van der Waals surface area contributed by atoms with Gasteiger partial charge in [-0.3, -0.25) is 0 Å². The van der Waals surface area contributed by atoms with Crippen LogP contribution >= 0.6 is 22.9 Å². The van der Waals surface area contributed by atoms with E-state index in [0.717, 1.165) is 4.88 Å². The van der Waals surface area contributed by atoms with Crippen LogP contribution < -0.4 is 0 Å². The molecule has 1 aromatic carbocycles. The van der Waals surface area contributed by atoms with E-state index in [0.29, 0.717) is 6.54 Å². The molecule has 2 rings (SSSR count). The van der Waals surface area contributed by atoms with Gasteiger partial charge in [-0.2, -0.15) is 4.31 Å². The summed E-state index contributed by atoms with van der Waals surface area (Å²) in [7, 11) is -3.63. The standard InChI is InChI=1S/C14H14ClNO2S2/c1-2-9-16(11-12-6-5-10-19-12)20(17,18)14-8-4-3-7-13(14)15/h2-8,10H,1,9,11H2. The van der Waals surface area contributed by atoms with Crippen molar-refractivity contribution >= 4 is 33.0 Å². The van der Waals surface area contributed by atoms with Crippen molar-refractivity contribution in [2.45, 2.75) is 11.4 Å².